The minimum absolute atomic E-state index is 0.264. The lowest BCUT2D eigenvalue weighted by Crippen LogP contribution is -2.15. The fraction of sp³-hybridized carbons (Fsp3) is 0.455. The lowest BCUT2D eigenvalue weighted by molar-refractivity contribution is 0.0531. The minimum Gasteiger partial charge on any atom is -0.462 e. The van der Waals surface area contributed by atoms with Crippen LogP contribution < -0.4 is 11.5 Å². The number of nitrogens with two attached hydrogens (primary N) is 2. The Kier molecular flexibility index (Phi) is 4.51. The normalized spacial score (nSPS) is 10.2. The standard InChI is InChI=1S/C11H16N2O3S/c1-3-5-6-7(9(12)14)10(13)17-8(6)11(15)16-4-2/h3-5,13H2,1-2H3,(H2,12,14). The molecule has 5 nitrogen and oxygen atoms in total. The third-order valence-corrected chi connectivity index (χ3v) is 3.28. The maximum absolute atomic E-state index is 11.7. The first-order valence-electron chi connectivity index (χ1n) is 5.40. The summed E-state index contributed by atoms with van der Waals surface area (Å²) in [6, 6.07) is 0. The van der Waals surface area contributed by atoms with Gasteiger partial charge in [-0.15, -0.1) is 11.3 Å². The average Bonchev–Trinajstić information content (AvgIpc) is 2.56. The zero-order valence-electron chi connectivity index (χ0n) is 9.91. The van der Waals surface area contributed by atoms with E-state index in [0.717, 1.165) is 17.8 Å². The van der Waals surface area contributed by atoms with Crippen LogP contribution in [-0.4, -0.2) is 18.5 Å². The molecule has 0 radical (unpaired) electrons. The number of nitrogen functional groups attached to an aromatic ring is 1. The number of ether oxygens (including phenoxy) is 1. The van der Waals surface area contributed by atoms with Crippen LogP contribution in [0, 0.1) is 0 Å². The van der Waals surface area contributed by atoms with Gasteiger partial charge in [0.25, 0.3) is 5.91 Å². The second-order valence-corrected chi connectivity index (χ2v) is 4.54. The van der Waals surface area contributed by atoms with Crippen LogP contribution in [0.2, 0.25) is 0 Å². The van der Waals surface area contributed by atoms with E-state index in [4.69, 9.17) is 16.2 Å². The van der Waals surface area contributed by atoms with Crippen molar-refractivity contribution in [1.82, 2.24) is 0 Å². The molecular weight excluding hydrogens is 240 g/mol. The number of hydrogen-bond acceptors (Lipinski definition) is 5. The molecule has 17 heavy (non-hydrogen) atoms. The predicted octanol–water partition coefficient (Wildman–Crippen LogP) is 1.56. The first-order chi connectivity index (χ1) is 8.02. The second kappa shape index (κ2) is 5.67. The largest absolute Gasteiger partial charge is 0.462 e. The third kappa shape index (κ3) is 2.76. The first-order valence-corrected chi connectivity index (χ1v) is 6.22. The number of anilines is 1. The molecule has 0 aromatic carbocycles. The van der Waals surface area contributed by atoms with E-state index in [1.807, 2.05) is 6.92 Å². The second-order valence-electron chi connectivity index (χ2n) is 3.48. The van der Waals surface area contributed by atoms with E-state index in [1.165, 1.54) is 0 Å². The predicted molar refractivity (Wildman–Crippen MR) is 67.2 cm³/mol. The third-order valence-electron chi connectivity index (χ3n) is 2.24. The van der Waals surface area contributed by atoms with E-state index in [-0.39, 0.29) is 17.2 Å². The highest BCUT2D eigenvalue weighted by molar-refractivity contribution is 7.18. The number of primary amides is 1. The summed E-state index contributed by atoms with van der Waals surface area (Å²) in [5.74, 6) is -1.04. The maximum atomic E-state index is 11.7. The monoisotopic (exact) mass is 256 g/mol. The highest BCUT2D eigenvalue weighted by atomic mass is 32.1. The SMILES string of the molecule is CCCc1c(C(=O)OCC)sc(N)c1C(N)=O. The molecule has 0 bridgehead atoms. The molecule has 1 aromatic heterocycles. The number of carbonyl (C=O) groups excluding carboxylic acids is 2. The number of amides is 1. The van der Waals surface area contributed by atoms with Crippen molar-refractivity contribution in [1.29, 1.82) is 0 Å². The molecule has 4 N–H and O–H groups in total. The fourth-order valence-electron chi connectivity index (χ4n) is 1.61. The Hall–Kier alpha value is -1.56. The molecule has 0 saturated heterocycles. The van der Waals surface area contributed by atoms with Gasteiger partial charge >= 0.3 is 5.97 Å². The Morgan fingerprint density at radius 3 is 2.47 bits per heavy atom. The first kappa shape index (κ1) is 13.5. The van der Waals surface area contributed by atoms with Crippen LogP contribution in [0.5, 0.6) is 0 Å². The molecular formula is C11H16N2O3S. The van der Waals surface area contributed by atoms with Gasteiger partial charge in [-0.25, -0.2) is 4.79 Å². The van der Waals surface area contributed by atoms with Gasteiger partial charge in [0.1, 0.15) is 4.88 Å². The molecule has 0 aliphatic carbocycles. The lowest BCUT2D eigenvalue weighted by atomic mass is 10.0. The summed E-state index contributed by atoms with van der Waals surface area (Å²) >= 11 is 1.06. The maximum Gasteiger partial charge on any atom is 0.348 e. The van der Waals surface area contributed by atoms with Crippen molar-refractivity contribution in [3.8, 4) is 0 Å². The Labute approximate surface area is 104 Å². The van der Waals surface area contributed by atoms with E-state index in [1.54, 1.807) is 6.92 Å². The molecule has 0 fully saturated rings. The van der Waals surface area contributed by atoms with Crippen molar-refractivity contribution >= 4 is 28.2 Å². The number of carbonyl (C=O) groups is 2. The van der Waals surface area contributed by atoms with Crippen LogP contribution >= 0.6 is 11.3 Å². The zero-order valence-corrected chi connectivity index (χ0v) is 10.7. The molecule has 1 aromatic rings. The highest BCUT2D eigenvalue weighted by Crippen LogP contribution is 2.32. The van der Waals surface area contributed by atoms with Gasteiger partial charge in [0.05, 0.1) is 17.2 Å². The smallest absolute Gasteiger partial charge is 0.348 e. The molecule has 0 atom stereocenters. The lowest BCUT2D eigenvalue weighted by Gasteiger charge is -2.04. The minimum atomic E-state index is -0.599. The Bertz CT molecular complexity index is 440. The average molecular weight is 256 g/mol. The van der Waals surface area contributed by atoms with Crippen LogP contribution in [0.25, 0.3) is 0 Å². The van der Waals surface area contributed by atoms with Gasteiger partial charge in [-0.3, -0.25) is 4.79 Å². The van der Waals surface area contributed by atoms with Gasteiger partial charge in [-0.1, -0.05) is 13.3 Å². The molecule has 0 spiro atoms. The fourth-order valence-corrected chi connectivity index (χ4v) is 2.62. The summed E-state index contributed by atoms with van der Waals surface area (Å²) in [7, 11) is 0. The molecule has 6 heteroatoms. The van der Waals surface area contributed by atoms with Crippen LogP contribution in [0.1, 0.15) is 45.9 Å². The summed E-state index contributed by atoms with van der Waals surface area (Å²) in [5.41, 5.74) is 11.9. The van der Waals surface area contributed by atoms with Gasteiger partial charge in [0.2, 0.25) is 0 Å². The molecule has 1 rings (SSSR count). The van der Waals surface area contributed by atoms with E-state index in [2.05, 4.69) is 0 Å². The van der Waals surface area contributed by atoms with Crippen LogP contribution in [0.3, 0.4) is 0 Å². The van der Waals surface area contributed by atoms with Gasteiger partial charge < -0.3 is 16.2 Å². The molecule has 94 valence electrons. The summed E-state index contributed by atoms with van der Waals surface area (Å²) in [4.78, 5) is 23.4. The highest BCUT2D eigenvalue weighted by Gasteiger charge is 2.24. The Morgan fingerprint density at radius 2 is 2.00 bits per heavy atom. The van der Waals surface area contributed by atoms with E-state index in [0.29, 0.717) is 16.9 Å². The van der Waals surface area contributed by atoms with Crippen molar-refractivity contribution in [3.63, 3.8) is 0 Å². The van der Waals surface area contributed by atoms with Gasteiger partial charge in [0.15, 0.2) is 0 Å². The Morgan fingerprint density at radius 1 is 1.35 bits per heavy atom. The summed E-state index contributed by atoms with van der Waals surface area (Å²) in [6.07, 6.45) is 1.38. The molecule has 0 aliphatic heterocycles. The Balaban J connectivity index is 3.25. The van der Waals surface area contributed by atoms with Gasteiger partial charge in [-0.05, 0) is 18.9 Å². The van der Waals surface area contributed by atoms with Crippen molar-refractivity contribution in [2.24, 2.45) is 5.73 Å². The van der Waals surface area contributed by atoms with Crippen molar-refractivity contribution < 1.29 is 14.3 Å². The molecule has 0 aliphatic rings. The van der Waals surface area contributed by atoms with E-state index < -0.39 is 11.9 Å². The van der Waals surface area contributed by atoms with Crippen molar-refractivity contribution in [3.05, 3.63) is 16.0 Å². The van der Waals surface area contributed by atoms with Gasteiger partial charge in [-0.2, -0.15) is 0 Å². The molecule has 1 amide bonds. The summed E-state index contributed by atoms with van der Waals surface area (Å²) in [5, 5.41) is 0.281. The van der Waals surface area contributed by atoms with Crippen LogP contribution in [-0.2, 0) is 11.2 Å². The van der Waals surface area contributed by atoms with Crippen LogP contribution in [0.4, 0.5) is 5.00 Å². The van der Waals surface area contributed by atoms with E-state index >= 15 is 0 Å². The van der Waals surface area contributed by atoms with E-state index in [9.17, 15) is 9.59 Å². The molecule has 0 unspecified atom stereocenters. The van der Waals surface area contributed by atoms with Gasteiger partial charge in [0, 0.05) is 0 Å². The summed E-state index contributed by atoms with van der Waals surface area (Å²) in [6.45, 7) is 3.96. The number of thiophene rings is 1. The summed E-state index contributed by atoms with van der Waals surface area (Å²) < 4.78 is 4.93. The topological polar surface area (TPSA) is 95.4 Å². The van der Waals surface area contributed by atoms with Crippen molar-refractivity contribution in [2.45, 2.75) is 26.7 Å². The quantitative estimate of drug-likeness (QED) is 0.781. The molecule has 1 heterocycles. The zero-order chi connectivity index (χ0) is 13.0. The molecule has 0 saturated carbocycles. The van der Waals surface area contributed by atoms with Crippen molar-refractivity contribution in [2.75, 3.05) is 12.3 Å². The number of esters is 1. The number of hydrogen-bond donors (Lipinski definition) is 2. The number of rotatable bonds is 5. The van der Waals surface area contributed by atoms with Crippen LogP contribution in [0.15, 0.2) is 0 Å².